The van der Waals surface area contributed by atoms with Crippen LogP contribution in [-0.4, -0.2) is 28.6 Å². The van der Waals surface area contributed by atoms with E-state index in [-0.39, 0.29) is 6.04 Å². The zero-order chi connectivity index (χ0) is 17.9. The highest BCUT2D eigenvalue weighted by Crippen LogP contribution is 2.35. The maximum absolute atomic E-state index is 6.10. The van der Waals surface area contributed by atoms with Gasteiger partial charge < -0.3 is 14.1 Å². The van der Waals surface area contributed by atoms with Gasteiger partial charge in [-0.3, -0.25) is 0 Å². The standard InChI is InChI=1S/C20H22N4O2/c1-14-10-19(23-13-22-14)24-9-5-7-17(24)20-21-12-16(26-20)11-15-6-3-4-8-18(15)25-2/h3-4,6,8,10,12-13,17H,5,7,9,11H2,1-2H3/t17-/m0/s1. The molecule has 0 saturated carbocycles. The molecule has 0 radical (unpaired) electrons. The molecule has 0 aliphatic carbocycles. The van der Waals surface area contributed by atoms with Gasteiger partial charge in [-0.25, -0.2) is 15.0 Å². The molecule has 1 aliphatic rings. The zero-order valence-corrected chi connectivity index (χ0v) is 15.1. The van der Waals surface area contributed by atoms with E-state index in [1.807, 2.05) is 43.5 Å². The Hall–Kier alpha value is -2.89. The van der Waals surface area contributed by atoms with E-state index < -0.39 is 0 Å². The predicted octanol–water partition coefficient (Wildman–Crippen LogP) is 3.71. The van der Waals surface area contributed by atoms with Crippen LogP contribution in [0.1, 0.15) is 41.8 Å². The number of para-hydroxylation sites is 1. The van der Waals surface area contributed by atoms with Crippen molar-refractivity contribution >= 4 is 5.82 Å². The number of anilines is 1. The van der Waals surface area contributed by atoms with E-state index in [0.29, 0.717) is 6.42 Å². The second-order valence-electron chi connectivity index (χ2n) is 6.52. The molecule has 0 N–H and O–H groups in total. The summed E-state index contributed by atoms with van der Waals surface area (Å²) in [6, 6.07) is 10.1. The summed E-state index contributed by atoms with van der Waals surface area (Å²) in [6.45, 7) is 2.93. The lowest BCUT2D eigenvalue weighted by Gasteiger charge is -2.23. The first kappa shape index (κ1) is 16.6. The van der Waals surface area contributed by atoms with E-state index in [0.717, 1.165) is 53.9 Å². The molecule has 3 heterocycles. The van der Waals surface area contributed by atoms with E-state index in [1.165, 1.54) is 0 Å². The highest BCUT2D eigenvalue weighted by molar-refractivity contribution is 5.42. The molecule has 1 fully saturated rings. The summed E-state index contributed by atoms with van der Waals surface area (Å²) in [6.07, 6.45) is 6.21. The molecule has 0 spiro atoms. The van der Waals surface area contributed by atoms with Crippen LogP contribution in [0, 0.1) is 6.92 Å². The number of ether oxygens (including phenoxy) is 1. The summed E-state index contributed by atoms with van der Waals surface area (Å²) >= 11 is 0. The molecule has 26 heavy (non-hydrogen) atoms. The van der Waals surface area contributed by atoms with E-state index in [1.54, 1.807) is 13.4 Å². The number of hydrogen-bond donors (Lipinski definition) is 0. The van der Waals surface area contributed by atoms with E-state index in [9.17, 15) is 0 Å². The molecule has 1 saturated heterocycles. The Bertz CT molecular complexity index is 893. The third kappa shape index (κ3) is 3.27. The van der Waals surface area contributed by atoms with Gasteiger partial charge in [0.1, 0.15) is 29.7 Å². The minimum atomic E-state index is 0.121. The summed E-state index contributed by atoms with van der Waals surface area (Å²) < 4.78 is 11.5. The molecular formula is C20H22N4O2. The number of methoxy groups -OCH3 is 1. The Morgan fingerprint density at radius 1 is 1.23 bits per heavy atom. The fourth-order valence-electron chi connectivity index (χ4n) is 3.49. The first-order chi connectivity index (χ1) is 12.7. The predicted molar refractivity (Wildman–Crippen MR) is 98.4 cm³/mol. The SMILES string of the molecule is COc1ccccc1Cc1cnc([C@@H]2CCCN2c2cc(C)ncn2)o1. The highest BCUT2D eigenvalue weighted by Gasteiger charge is 2.31. The lowest BCUT2D eigenvalue weighted by molar-refractivity contribution is 0.403. The average molecular weight is 350 g/mol. The largest absolute Gasteiger partial charge is 0.496 e. The number of aromatic nitrogens is 3. The normalized spacial score (nSPS) is 16.8. The van der Waals surface area contributed by atoms with Gasteiger partial charge in [0.25, 0.3) is 0 Å². The first-order valence-corrected chi connectivity index (χ1v) is 8.86. The molecule has 2 aromatic heterocycles. The Labute approximate surface area is 152 Å². The number of rotatable bonds is 5. The summed E-state index contributed by atoms with van der Waals surface area (Å²) in [5, 5.41) is 0. The van der Waals surface area contributed by atoms with E-state index in [2.05, 4.69) is 19.9 Å². The van der Waals surface area contributed by atoms with Crippen molar-refractivity contribution in [2.24, 2.45) is 0 Å². The van der Waals surface area contributed by atoms with Crippen molar-refractivity contribution in [3.8, 4) is 5.75 Å². The van der Waals surface area contributed by atoms with Crippen molar-refractivity contribution in [1.29, 1.82) is 0 Å². The average Bonchev–Trinajstić information content (AvgIpc) is 3.31. The molecule has 4 rings (SSSR count). The van der Waals surface area contributed by atoms with Crippen molar-refractivity contribution in [2.75, 3.05) is 18.6 Å². The molecule has 0 amide bonds. The van der Waals surface area contributed by atoms with Gasteiger partial charge in [0.05, 0.1) is 13.3 Å². The van der Waals surface area contributed by atoms with Gasteiger partial charge in [-0.2, -0.15) is 0 Å². The molecule has 1 atom stereocenters. The van der Waals surface area contributed by atoms with Crippen molar-refractivity contribution < 1.29 is 9.15 Å². The number of benzene rings is 1. The van der Waals surface area contributed by atoms with Crippen molar-refractivity contribution in [3.05, 3.63) is 65.8 Å². The Balaban J connectivity index is 1.55. The third-order valence-electron chi connectivity index (χ3n) is 4.75. The molecule has 1 aromatic carbocycles. The first-order valence-electron chi connectivity index (χ1n) is 8.86. The fourth-order valence-corrected chi connectivity index (χ4v) is 3.49. The lowest BCUT2D eigenvalue weighted by atomic mass is 10.1. The Kier molecular flexibility index (Phi) is 4.56. The van der Waals surface area contributed by atoms with Gasteiger partial charge in [-0.1, -0.05) is 18.2 Å². The van der Waals surface area contributed by atoms with Crippen molar-refractivity contribution in [1.82, 2.24) is 15.0 Å². The van der Waals surface area contributed by atoms with Crippen LogP contribution in [0.3, 0.4) is 0 Å². The van der Waals surface area contributed by atoms with Crippen LogP contribution in [0.4, 0.5) is 5.82 Å². The highest BCUT2D eigenvalue weighted by atomic mass is 16.5. The number of nitrogens with zero attached hydrogens (tertiary/aromatic N) is 4. The minimum absolute atomic E-state index is 0.121. The van der Waals surface area contributed by atoms with Crippen LogP contribution < -0.4 is 9.64 Å². The van der Waals surface area contributed by atoms with Crippen molar-refractivity contribution in [3.63, 3.8) is 0 Å². The summed E-state index contributed by atoms with van der Waals surface area (Å²) in [5.74, 6) is 3.40. The van der Waals surface area contributed by atoms with Crippen LogP contribution in [0.5, 0.6) is 5.75 Å². The van der Waals surface area contributed by atoms with E-state index in [4.69, 9.17) is 9.15 Å². The van der Waals surface area contributed by atoms with Crippen molar-refractivity contribution in [2.45, 2.75) is 32.2 Å². The van der Waals surface area contributed by atoms with Crippen LogP contribution in [0.2, 0.25) is 0 Å². The van der Waals surface area contributed by atoms with Gasteiger partial charge in [0, 0.05) is 30.3 Å². The second-order valence-corrected chi connectivity index (χ2v) is 6.52. The van der Waals surface area contributed by atoms with Gasteiger partial charge in [-0.05, 0) is 25.8 Å². The maximum atomic E-state index is 6.10. The maximum Gasteiger partial charge on any atom is 0.217 e. The van der Waals surface area contributed by atoms with Crippen LogP contribution in [0.25, 0.3) is 0 Å². The quantitative estimate of drug-likeness (QED) is 0.699. The number of oxazole rings is 1. The molecule has 134 valence electrons. The molecule has 0 unspecified atom stereocenters. The van der Waals surface area contributed by atoms with Gasteiger partial charge in [0.15, 0.2) is 0 Å². The zero-order valence-electron chi connectivity index (χ0n) is 15.1. The lowest BCUT2D eigenvalue weighted by Crippen LogP contribution is -2.23. The second kappa shape index (κ2) is 7.15. The molecule has 6 nitrogen and oxygen atoms in total. The van der Waals surface area contributed by atoms with Gasteiger partial charge >= 0.3 is 0 Å². The number of hydrogen-bond acceptors (Lipinski definition) is 6. The monoisotopic (exact) mass is 350 g/mol. The van der Waals surface area contributed by atoms with Crippen LogP contribution >= 0.6 is 0 Å². The topological polar surface area (TPSA) is 64.3 Å². The van der Waals surface area contributed by atoms with Gasteiger partial charge in [-0.15, -0.1) is 0 Å². The van der Waals surface area contributed by atoms with Crippen LogP contribution in [0.15, 0.2) is 47.3 Å². The minimum Gasteiger partial charge on any atom is -0.496 e. The Morgan fingerprint density at radius 3 is 2.96 bits per heavy atom. The molecule has 6 heteroatoms. The molecule has 0 bridgehead atoms. The summed E-state index contributed by atoms with van der Waals surface area (Å²) in [4.78, 5) is 15.4. The fraction of sp³-hybridized carbons (Fsp3) is 0.350. The third-order valence-corrected chi connectivity index (χ3v) is 4.75. The van der Waals surface area contributed by atoms with Crippen LogP contribution in [-0.2, 0) is 6.42 Å². The van der Waals surface area contributed by atoms with Gasteiger partial charge in [0.2, 0.25) is 5.89 Å². The molecule has 1 aliphatic heterocycles. The molecular weight excluding hydrogens is 328 g/mol. The summed E-state index contributed by atoms with van der Waals surface area (Å²) in [7, 11) is 1.69. The molecule has 3 aromatic rings. The number of aryl methyl sites for hydroxylation is 1. The summed E-state index contributed by atoms with van der Waals surface area (Å²) in [5.41, 5.74) is 2.05. The van der Waals surface area contributed by atoms with E-state index >= 15 is 0 Å². The Morgan fingerprint density at radius 2 is 2.12 bits per heavy atom. The smallest absolute Gasteiger partial charge is 0.217 e.